The van der Waals surface area contributed by atoms with Gasteiger partial charge in [0.15, 0.2) is 5.78 Å². The molecule has 2 saturated heterocycles. The van der Waals surface area contributed by atoms with Gasteiger partial charge in [-0.25, -0.2) is 9.18 Å². The number of rotatable bonds is 6. The number of hydrogen-bond acceptors (Lipinski definition) is 6. The first-order valence-corrected chi connectivity index (χ1v) is 9.11. The molecule has 1 spiro atoms. The molecular formula is C19H22FN3O4. The second kappa shape index (κ2) is 6.51. The van der Waals surface area contributed by atoms with Crippen molar-refractivity contribution in [3.63, 3.8) is 0 Å². The number of carbonyl (C=O) groups excluding carboxylic acids is 3. The van der Waals surface area contributed by atoms with Crippen molar-refractivity contribution in [2.24, 2.45) is 11.3 Å². The van der Waals surface area contributed by atoms with Crippen molar-refractivity contribution in [2.45, 2.75) is 19.3 Å². The van der Waals surface area contributed by atoms with E-state index < -0.39 is 11.8 Å². The SMILES string of the molecule is COC(=O)c1cc(NCC(=O)C2CC2)c(N2CC3(CNC(=O)C3)C2)cc1F. The quantitative estimate of drug-likeness (QED) is 0.730. The molecule has 0 aromatic heterocycles. The van der Waals surface area contributed by atoms with Crippen LogP contribution >= 0.6 is 0 Å². The predicted molar refractivity (Wildman–Crippen MR) is 96.2 cm³/mol. The van der Waals surface area contributed by atoms with Gasteiger partial charge in [0, 0.05) is 43.5 Å². The lowest BCUT2D eigenvalue weighted by atomic mass is 9.78. The number of nitrogens with one attached hydrogen (secondary N) is 2. The van der Waals surface area contributed by atoms with E-state index in [1.165, 1.54) is 19.2 Å². The van der Waals surface area contributed by atoms with E-state index in [2.05, 4.69) is 15.4 Å². The van der Waals surface area contributed by atoms with Gasteiger partial charge in [-0.3, -0.25) is 9.59 Å². The van der Waals surface area contributed by atoms with Crippen molar-refractivity contribution in [1.82, 2.24) is 5.32 Å². The molecule has 2 aliphatic heterocycles. The Kier molecular flexibility index (Phi) is 4.28. The van der Waals surface area contributed by atoms with Crippen LogP contribution in [-0.4, -0.2) is 50.9 Å². The van der Waals surface area contributed by atoms with Gasteiger partial charge in [0.05, 0.1) is 30.6 Å². The van der Waals surface area contributed by atoms with Crippen LogP contribution in [0.2, 0.25) is 0 Å². The largest absolute Gasteiger partial charge is 0.465 e. The summed E-state index contributed by atoms with van der Waals surface area (Å²) in [5, 5.41) is 5.91. The zero-order valence-electron chi connectivity index (χ0n) is 15.1. The molecule has 1 amide bonds. The molecule has 4 rings (SSSR count). The fourth-order valence-electron chi connectivity index (χ4n) is 3.87. The van der Waals surface area contributed by atoms with Crippen molar-refractivity contribution in [1.29, 1.82) is 0 Å². The van der Waals surface area contributed by atoms with E-state index >= 15 is 0 Å². The fourth-order valence-corrected chi connectivity index (χ4v) is 3.87. The molecule has 1 aliphatic carbocycles. The van der Waals surface area contributed by atoms with E-state index in [9.17, 15) is 18.8 Å². The van der Waals surface area contributed by atoms with E-state index in [1.54, 1.807) is 0 Å². The highest BCUT2D eigenvalue weighted by atomic mass is 19.1. The zero-order valence-corrected chi connectivity index (χ0v) is 15.1. The maximum absolute atomic E-state index is 14.5. The summed E-state index contributed by atoms with van der Waals surface area (Å²) in [5.41, 5.74) is 0.831. The van der Waals surface area contributed by atoms with Crippen LogP contribution in [0.15, 0.2) is 12.1 Å². The van der Waals surface area contributed by atoms with Gasteiger partial charge in [0.25, 0.3) is 0 Å². The fraction of sp³-hybridized carbons (Fsp3) is 0.526. The van der Waals surface area contributed by atoms with Gasteiger partial charge in [-0.1, -0.05) is 0 Å². The first kappa shape index (κ1) is 17.8. The number of methoxy groups -OCH3 is 1. The Bertz CT molecular complexity index is 815. The van der Waals surface area contributed by atoms with Crippen molar-refractivity contribution in [2.75, 3.05) is 43.5 Å². The van der Waals surface area contributed by atoms with Crippen LogP contribution in [0.25, 0.3) is 0 Å². The zero-order chi connectivity index (χ0) is 19.2. The molecule has 0 atom stereocenters. The number of amides is 1. The second-order valence-electron chi connectivity index (χ2n) is 7.74. The third kappa shape index (κ3) is 3.36. The number of nitrogens with zero attached hydrogens (tertiary/aromatic N) is 1. The van der Waals surface area contributed by atoms with Gasteiger partial charge in [-0.2, -0.15) is 0 Å². The summed E-state index contributed by atoms with van der Waals surface area (Å²) in [6, 6.07) is 2.70. The summed E-state index contributed by atoms with van der Waals surface area (Å²) in [6.45, 7) is 2.00. The second-order valence-corrected chi connectivity index (χ2v) is 7.74. The van der Waals surface area contributed by atoms with E-state index in [-0.39, 0.29) is 35.1 Å². The molecular weight excluding hydrogens is 353 g/mol. The van der Waals surface area contributed by atoms with Crippen LogP contribution < -0.4 is 15.5 Å². The van der Waals surface area contributed by atoms with E-state index in [0.29, 0.717) is 37.4 Å². The third-order valence-electron chi connectivity index (χ3n) is 5.57. The molecule has 3 fully saturated rings. The highest BCUT2D eigenvalue weighted by molar-refractivity contribution is 5.94. The molecule has 2 heterocycles. The van der Waals surface area contributed by atoms with Gasteiger partial charge in [-0.05, 0) is 18.9 Å². The number of ether oxygens (including phenoxy) is 1. The Labute approximate surface area is 156 Å². The van der Waals surface area contributed by atoms with Crippen molar-refractivity contribution in [3.05, 3.63) is 23.5 Å². The van der Waals surface area contributed by atoms with Gasteiger partial charge < -0.3 is 20.3 Å². The number of carbonyl (C=O) groups is 3. The molecule has 3 aliphatic rings. The van der Waals surface area contributed by atoms with Crippen LogP contribution in [0.5, 0.6) is 0 Å². The average molecular weight is 375 g/mol. The highest BCUT2D eigenvalue weighted by Gasteiger charge is 2.48. The minimum Gasteiger partial charge on any atom is -0.465 e. The number of Topliss-reactive ketones (excluding diaryl/α,β-unsaturated/α-hetero) is 1. The summed E-state index contributed by atoms with van der Waals surface area (Å²) in [7, 11) is 1.20. The first-order chi connectivity index (χ1) is 12.9. The molecule has 1 aromatic carbocycles. The van der Waals surface area contributed by atoms with Crippen molar-refractivity contribution >= 4 is 29.0 Å². The van der Waals surface area contributed by atoms with E-state index in [1.807, 2.05) is 4.90 Å². The van der Waals surface area contributed by atoms with Gasteiger partial charge in [0.1, 0.15) is 5.82 Å². The predicted octanol–water partition coefficient (Wildman–Crippen LogP) is 1.33. The molecule has 27 heavy (non-hydrogen) atoms. The van der Waals surface area contributed by atoms with Gasteiger partial charge >= 0.3 is 5.97 Å². The number of esters is 1. The maximum Gasteiger partial charge on any atom is 0.340 e. The summed E-state index contributed by atoms with van der Waals surface area (Å²) < 4.78 is 19.1. The lowest BCUT2D eigenvalue weighted by molar-refractivity contribution is -0.120. The van der Waals surface area contributed by atoms with E-state index in [0.717, 1.165) is 12.8 Å². The molecule has 7 nitrogen and oxygen atoms in total. The highest BCUT2D eigenvalue weighted by Crippen LogP contribution is 2.42. The Hall–Kier alpha value is -2.64. The minimum atomic E-state index is -0.763. The van der Waals surface area contributed by atoms with Crippen molar-refractivity contribution in [3.8, 4) is 0 Å². The van der Waals surface area contributed by atoms with E-state index in [4.69, 9.17) is 0 Å². The molecule has 144 valence electrons. The standard InChI is InChI=1S/C19H22FN3O4/c1-27-18(26)12-4-14(21-7-16(24)11-2-3-11)15(5-13(12)20)23-9-19(10-23)6-17(25)22-8-19/h4-5,11,21H,2-3,6-10H2,1H3,(H,22,25). The number of benzene rings is 1. The summed E-state index contributed by atoms with van der Waals surface area (Å²) in [5.74, 6) is -1.16. The van der Waals surface area contributed by atoms with Crippen LogP contribution in [0.1, 0.15) is 29.6 Å². The van der Waals surface area contributed by atoms with Gasteiger partial charge in [-0.15, -0.1) is 0 Å². The molecule has 2 N–H and O–H groups in total. The van der Waals surface area contributed by atoms with Crippen LogP contribution in [0.3, 0.4) is 0 Å². The Morgan fingerprint density at radius 3 is 2.70 bits per heavy atom. The number of ketones is 1. The smallest absolute Gasteiger partial charge is 0.340 e. The third-order valence-corrected chi connectivity index (χ3v) is 5.57. The van der Waals surface area contributed by atoms with Crippen molar-refractivity contribution < 1.29 is 23.5 Å². The summed E-state index contributed by atoms with van der Waals surface area (Å²) in [6.07, 6.45) is 2.30. The van der Waals surface area contributed by atoms with Crippen LogP contribution in [0, 0.1) is 17.2 Å². The monoisotopic (exact) mass is 375 g/mol. The van der Waals surface area contributed by atoms with Crippen LogP contribution in [0.4, 0.5) is 15.8 Å². The Morgan fingerprint density at radius 2 is 2.11 bits per heavy atom. The first-order valence-electron chi connectivity index (χ1n) is 9.11. The topological polar surface area (TPSA) is 87.7 Å². The molecule has 8 heteroatoms. The molecule has 0 radical (unpaired) electrons. The Morgan fingerprint density at radius 1 is 1.37 bits per heavy atom. The van der Waals surface area contributed by atoms with Crippen LogP contribution in [-0.2, 0) is 14.3 Å². The average Bonchev–Trinajstić information content (AvgIpc) is 3.40. The molecule has 1 aromatic rings. The summed E-state index contributed by atoms with van der Waals surface area (Å²) >= 11 is 0. The number of anilines is 2. The number of halogens is 1. The molecule has 0 unspecified atom stereocenters. The van der Waals surface area contributed by atoms with Gasteiger partial charge in [0.2, 0.25) is 5.91 Å². The molecule has 0 bridgehead atoms. The lowest BCUT2D eigenvalue weighted by Crippen LogP contribution is -2.57. The Balaban J connectivity index is 1.57. The lowest BCUT2D eigenvalue weighted by Gasteiger charge is -2.49. The molecule has 1 saturated carbocycles. The summed E-state index contributed by atoms with van der Waals surface area (Å²) in [4.78, 5) is 37.4. The number of hydrogen-bond donors (Lipinski definition) is 2. The minimum absolute atomic E-state index is 0.0373. The maximum atomic E-state index is 14.5. The normalized spacial score (nSPS) is 20.2.